The highest BCUT2D eigenvalue weighted by atomic mass is 15.4. The highest BCUT2D eigenvalue weighted by Gasteiger charge is 2.35. The Balaban J connectivity index is 1.45. The fraction of sp³-hybridized carbons (Fsp3) is 0. The summed E-state index contributed by atoms with van der Waals surface area (Å²) >= 11 is 0. The van der Waals surface area contributed by atoms with Crippen LogP contribution in [0.5, 0.6) is 0 Å². The van der Waals surface area contributed by atoms with Crippen LogP contribution in [0.2, 0.25) is 0 Å². The lowest BCUT2D eigenvalue weighted by atomic mass is 9.97. The molecule has 1 aliphatic heterocycles. The molecule has 7 aromatic rings. The summed E-state index contributed by atoms with van der Waals surface area (Å²) in [5.74, 6) is 1.50. The second kappa shape index (κ2) is 10.5. The highest BCUT2D eigenvalue weighted by molar-refractivity contribution is 6.06. The van der Waals surface area contributed by atoms with Crippen LogP contribution in [0, 0.1) is 0 Å². The summed E-state index contributed by atoms with van der Waals surface area (Å²) in [4.78, 5) is 4.62. The zero-order valence-electron chi connectivity index (χ0n) is 23.3. The lowest BCUT2D eigenvalue weighted by molar-refractivity contribution is 1.00. The zero-order valence-corrected chi connectivity index (χ0v) is 23.3. The first-order chi connectivity index (χ1) is 21.4. The average Bonchev–Trinajstić information content (AvgIpc) is 3.53. The molecule has 0 atom stereocenters. The molecule has 1 aliphatic rings. The molecule has 0 unspecified atom stereocenters. The summed E-state index contributed by atoms with van der Waals surface area (Å²) in [6.07, 6.45) is 0. The van der Waals surface area contributed by atoms with Gasteiger partial charge in [-0.2, -0.15) is 0 Å². The van der Waals surface area contributed by atoms with Crippen LogP contribution in [0.1, 0.15) is 0 Å². The van der Waals surface area contributed by atoms with Crippen LogP contribution in [0.25, 0.3) is 28.2 Å². The first-order valence-electron chi connectivity index (χ1n) is 14.4. The molecule has 0 bridgehead atoms. The van der Waals surface area contributed by atoms with Crippen LogP contribution in [0.3, 0.4) is 0 Å². The maximum absolute atomic E-state index is 4.91. The van der Waals surface area contributed by atoms with Gasteiger partial charge in [0.05, 0.1) is 28.4 Å². The summed E-state index contributed by atoms with van der Waals surface area (Å²) in [7, 11) is 0. The van der Waals surface area contributed by atoms with E-state index >= 15 is 0 Å². The maximum atomic E-state index is 4.91. The number of hydrogen-bond donors (Lipinski definition) is 0. The second-order valence-electron chi connectivity index (χ2n) is 10.4. The van der Waals surface area contributed by atoms with Crippen molar-refractivity contribution in [3.63, 3.8) is 0 Å². The Hall–Kier alpha value is -5.94. The van der Waals surface area contributed by atoms with Crippen LogP contribution in [-0.2, 0) is 0 Å². The van der Waals surface area contributed by atoms with Crippen molar-refractivity contribution >= 4 is 34.4 Å². The third-order valence-corrected chi connectivity index (χ3v) is 7.83. The van der Waals surface area contributed by atoms with E-state index in [9.17, 15) is 0 Å². The molecule has 5 nitrogen and oxygen atoms in total. The number of para-hydroxylation sites is 5. The standard InChI is InChI=1S/C38H27N5/c1-5-16-28(17-6-1)32-24-15-27-35-36(32)41(30-20-9-3-10-21-30)33-25-13-14-26-34(33)43(35)38-40-39-37(29-18-7-2-8-19-29)42(38)31-22-11-4-12-23-31/h1-27H. The van der Waals surface area contributed by atoms with E-state index in [2.05, 4.69) is 154 Å². The monoisotopic (exact) mass is 553 g/mol. The molecular weight excluding hydrogens is 526 g/mol. The van der Waals surface area contributed by atoms with Crippen LogP contribution < -0.4 is 9.80 Å². The SMILES string of the molecule is c1ccc(-c2cccc3c2N(c2ccccc2)c2ccccc2N3c2nnc(-c3ccccc3)n2-c2ccccc2)cc1. The Morgan fingerprint density at radius 2 is 0.884 bits per heavy atom. The minimum absolute atomic E-state index is 0.719. The molecule has 0 N–H and O–H groups in total. The average molecular weight is 554 g/mol. The molecule has 6 aromatic carbocycles. The molecule has 0 saturated carbocycles. The zero-order chi connectivity index (χ0) is 28.6. The van der Waals surface area contributed by atoms with E-state index < -0.39 is 0 Å². The quantitative estimate of drug-likeness (QED) is 0.213. The van der Waals surface area contributed by atoms with Crippen molar-refractivity contribution in [3.8, 4) is 28.2 Å². The number of rotatable bonds is 5. The largest absolute Gasteiger partial charge is 0.306 e. The normalized spacial score (nSPS) is 12.1. The third-order valence-electron chi connectivity index (χ3n) is 7.83. The van der Waals surface area contributed by atoms with E-state index in [4.69, 9.17) is 10.2 Å². The fourth-order valence-electron chi connectivity index (χ4n) is 5.96. The van der Waals surface area contributed by atoms with Crippen molar-refractivity contribution in [3.05, 3.63) is 164 Å². The van der Waals surface area contributed by atoms with Crippen molar-refractivity contribution in [1.29, 1.82) is 0 Å². The fourth-order valence-corrected chi connectivity index (χ4v) is 5.96. The second-order valence-corrected chi connectivity index (χ2v) is 10.4. The van der Waals surface area contributed by atoms with E-state index in [0.717, 1.165) is 62.6 Å². The molecular formula is C38H27N5. The molecule has 0 aliphatic carbocycles. The minimum Gasteiger partial charge on any atom is -0.306 e. The highest BCUT2D eigenvalue weighted by Crippen LogP contribution is 2.56. The van der Waals surface area contributed by atoms with Gasteiger partial charge in [-0.3, -0.25) is 9.47 Å². The number of benzene rings is 6. The molecule has 43 heavy (non-hydrogen) atoms. The molecule has 0 fully saturated rings. The van der Waals surface area contributed by atoms with Gasteiger partial charge in [-0.25, -0.2) is 0 Å². The Bertz CT molecular complexity index is 2020. The van der Waals surface area contributed by atoms with E-state index in [1.165, 1.54) is 0 Å². The predicted octanol–water partition coefficient (Wildman–Crippen LogP) is 9.85. The molecule has 0 spiro atoms. The van der Waals surface area contributed by atoms with E-state index in [1.807, 2.05) is 24.3 Å². The summed E-state index contributed by atoms with van der Waals surface area (Å²) in [5, 5.41) is 9.71. The Kier molecular flexibility index (Phi) is 6.05. The summed E-state index contributed by atoms with van der Waals surface area (Å²) in [6, 6.07) is 56.8. The van der Waals surface area contributed by atoms with Gasteiger partial charge in [0.15, 0.2) is 5.82 Å². The van der Waals surface area contributed by atoms with Gasteiger partial charge in [0.25, 0.3) is 0 Å². The summed E-state index contributed by atoms with van der Waals surface area (Å²) in [5.41, 5.74) is 9.56. The molecule has 0 saturated heterocycles. The van der Waals surface area contributed by atoms with E-state index in [0.29, 0.717) is 0 Å². The van der Waals surface area contributed by atoms with Gasteiger partial charge >= 0.3 is 0 Å². The van der Waals surface area contributed by atoms with Crippen molar-refractivity contribution in [1.82, 2.24) is 14.8 Å². The molecule has 8 rings (SSSR count). The van der Waals surface area contributed by atoms with Gasteiger partial charge in [0, 0.05) is 16.8 Å². The Morgan fingerprint density at radius 3 is 1.53 bits per heavy atom. The number of anilines is 6. The third kappa shape index (κ3) is 4.18. The van der Waals surface area contributed by atoms with Gasteiger partial charge < -0.3 is 4.90 Å². The van der Waals surface area contributed by atoms with Gasteiger partial charge in [0.2, 0.25) is 5.95 Å². The molecule has 0 amide bonds. The van der Waals surface area contributed by atoms with Gasteiger partial charge in [-0.05, 0) is 48.0 Å². The molecule has 2 heterocycles. The lowest BCUT2D eigenvalue weighted by Crippen LogP contribution is -2.26. The van der Waals surface area contributed by atoms with Gasteiger partial charge in [-0.15, -0.1) is 10.2 Å². The van der Waals surface area contributed by atoms with Crippen molar-refractivity contribution in [2.75, 3.05) is 9.80 Å². The Morgan fingerprint density at radius 1 is 0.372 bits per heavy atom. The van der Waals surface area contributed by atoms with Gasteiger partial charge in [-0.1, -0.05) is 121 Å². The number of nitrogens with zero attached hydrogens (tertiary/aromatic N) is 5. The van der Waals surface area contributed by atoms with E-state index in [1.54, 1.807) is 0 Å². The van der Waals surface area contributed by atoms with E-state index in [-0.39, 0.29) is 0 Å². The molecule has 0 radical (unpaired) electrons. The number of hydrogen-bond acceptors (Lipinski definition) is 4. The number of fused-ring (bicyclic) bond motifs is 2. The maximum Gasteiger partial charge on any atom is 0.241 e. The van der Waals surface area contributed by atoms with Crippen molar-refractivity contribution < 1.29 is 0 Å². The molecule has 1 aromatic heterocycles. The first kappa shape index (κ1) is 24.8. The Labute approximate surface area is 250 Å². The minimum atomic E-state index is 0.719. The van der Waals surface area contributed by atoms with Crippen LogP contribution in [0.4, 0.5) is 34.4 Å². The van der Waals surface area contributed by atoms with Crippen molar-refractivity contribution in [2.24, 2.45) is 0 Å². The van der Waals surface area contributed by atoms with Crippen LogP contribution in [-0.4, -0.2) is 14.8 Å². The predicted molar refractivity (Wildman–Crippen MR) is 175 cm³/mol. The molecule has 5 heteroatoms. The van der Waals surface area contributed by atoms with Crippen LogP contribution in [0.15, 0.2) is 164 Å². The topological polar surface area (TPSA) is 37.2 Å². The number of aromatic nitrogens is 3. The summed E-state index contributed by atoms with van der Waals surface area (Å²) < 4.78 is 2.16. The smallest absolute Gasteiger partial charge is 0.241 e. The lowest BCUT2D eigenvalue weighted by Gasteiger charge is -2.40. The first-order valence-corrected chi connectivity index (χ1v) is 14.4. The summed E-state index contributed by atoms with van der Waals surface area (Å²) in [6.45, 7) is 0. The molecule has 204 valence electrons. The van der Waals surface area contributed by atoms with Gasteiger partial charge in [0.1, 0.15) is 0 Å². The van der Waals surface area contributed by atoms with Crippen LogP contribution >= 0.6 is 0 Å². The van der Waals surface area contributed by atoms with Crippen molar-refractivity contribution in [2.45, 2.75) is 0 Å².